The maximum atomic E-state index is 10.9. The van der Waals surface area contributed by atoms with E-state index in [9.17, 15) is 4.79 Å². The molecule has 0 saturated heterocycles. The molecule has 0 aliphatic rings. The molecule has 3 aromatic rings. The van der Waals surface area contributed by atoms with E-state index in [-0.39, 0.29) is 5.69 Å². The second kappa shape index (κ2) is 6.09. The summed E-state index contributed by atoms with van der Waals surface area (Å²) in [5, 5.41) is 10.7. The van der Waals surface area contributed by atoms with Crippen molar-refractivity contribution < 1.29 is 0 Å². The highest BCUT2D eigenvalue weighted by Gasteiger charge is 2.03. The van der Waals surface area contributed by atoms with Crippen LogP contribution in [0.3, 0.4) is 0 Å². The number of nitrogens with zero attached hydrogens (tertiary/aromatic N) is 2. The minimum Gasteiger partial charge on any atom is -0.384 e. The Morgan fingerprint density at radius 2 is 2.19 bits per heavy atom. The van der Waals surface area contributed by atoms with Crippen LogP contribution >= 0.6 is 15.9 Å². The van der Waals surface area contributed by atoms with Crippen molar-refractivity contribution in [3.8, 4) is 0 Å². The lowest BCUT2D eigenvalue weighted by Gasteiger charge is -2.09. The summed E-state index contributed by atoms with van der Waals surface area (Å²) in [4.78, 5) is 17.9. The van der Waals surface area contributed by atoms with Crippen LogP contribution in [0.25, 0.3) is 10.9 Å². The number of hydrogen-bond acceptors (Lipinski definition) is 4. The second-order valence-corrected chi connectivity index (χ2v) is 5.59. The molecule has 0 spiro atoms. The number of H-pyrrole nitrogens is 2. The van der Waals surface area contributed by atoms with Crippen molar-refractivity contribution in [3.63, 3.8) is 0 Å². The van der Waals surface area contributed by atoms with Gasteiger partial charge in [0.2, 0.25) is 0 Å². The molecule has 0 atom stereocenters. The van der Waals surface area contributed by atoms with E-state index in [0.717, 1.165) is 40.4 Å². The number of hydrogen-bond donors (Lipinski definition) is 3. The molecule has 0 aliphatic carbocycles. The van der Waals surface area contributed by atoms with Crippen LogP contribution in [0.15, 0.2) is 39.7 Å². The van der Waals surface area contributed by atoms with E-state index in [0.29, 0.717) is 5.82 Å². The number of aromatic amines is 2. The lowest BCUT2D eigenvalue weighted by Crippen LogP contribution is -2.05. The number of nitrogens with one attached hydrogen (secondary N) is 3. The highest BCUT2D eigenvalue weighted by molar-refractivity contribution is 9.10. The minimum atomic E-state index is -0.261. The van der Waals surface area contributed by atoms with E-state index in [1.807, 2.05) is 18.2 Å². The Morgan fingerprint density at radius 3 is 3.00 bits per heavy atom. The largest absolute Gasteiger partial charge is 0.384 e. The number of pyridine rings is 1. The van der Waals surface area contributed by atoms with Crippen LogP contribution in [0.4, 0.5) is 5.69 Å². The molecule has 3 N–H and O–H groups in total. The first-order chi connectivity index (χ1) is 10.2. The lowest BCUT2D eigenvalue weighted by molar-refractivity contribution is 0.806. The summed E-state index contributed by atoms with van der Waals surface area (Å²) < 4.78 is 1.03. The van der Waals surface area contributed by atoms with E-state index in [1.54, 1.807) is 6.20 Å². The maximum Gasteiger partial charge on any atom is 0.340 e. The van der Waals surface area contributed by atoms with Crippen molar-refractivity contribution in [2.45, 2.75) is 12.8 Å². The van der Waals surface area contributed by atoms with Gasteiger partial charge in [-0.3, -0.25) is 9.97 Å². The zero-order valence-electron chi connectivity index (χ0n) is 11.2. The van der Waals surface area contributed by atoms with Crippen molar-refractivity contribution in [2.24, 2.45) is 0 Å². The maximum absolute atomic E-state index is 10.9. The molecule has 0 unspecified atom stereocenters. The summed E-state index contributed by atoms with van der Waals surface area (Å²) in [5.41, 5.74) is 1.75. The molecule has 2 aromatic heterocycles. The van der Waals surface area contributed by atoms with Crippen LogP contribution in [0.1, 0.15) is 12.2 Å². The molecule has 108 valence electrons. The molecule has 0 aliphatic heterocycles. The molecule has 7 heteroatoms. The molecule has 0 bridgehead atoms. The third kappa shape index (κ3) is 3.30. The van der Waals surface area contributed by atoms with Gasteiger partial charge in [-0.15, -0.1) is 0 Å². The fourth-order valence-electron chi connectivity index (χ4n) is 2.18. The van der Waals surface area contributed by atoms with Crippen molar-refractivity contribution in [1.82, 2.24) is 20.2 Å². The molecule has 0 fully saturated rings. The van der Waals surface area contributed by atoms with Crippen molar-refractivity contribution in [3.05, 3.63) is 51.2 Å². The first-order valence-corrected chi connectivity index (χ1v) is 7.43. The van der Waals surface area contributed by atoms with Crippen LogP contribution < -0.4 is 11.0 Å². The number of aryl methyl sites for hydroxylation is 1. The third-order valence-electron chi connectivity index (χ3n) is 3.16. The number of benzene rings is 1. The molecule has 0 amide bonds. The molecular weight excluding hydrogens is 334 g/mol. The van der Waals surface area contributed by atoms with E-state index < -0.39 is 0 Å². The summed E-state index contributed by atoms with van der Waals surface area (Å²) in [5.74, 6) is 0.684. The zero-order chi connectivity index (χ0) is 14.7. The molecule has 3 rings (SSSR count). The Morgan fingerprint density at radius 1 is 1.29 bits per heavy atom. The number of fused-ring (bicyclic) bond motifs is 1. The van der Waals surface area contributed by atoms with E-state index in [2.05, 4.69) is 47.5 Å². The number of aromatic nitrogens is 4. The number of anilines is 1. The Kier molecular flexibility index (Phi) is 4.01. The Balaban J connectivity index is 1.65. The molecule has 0 radical (unpaired) electrons. The van der Waals surface area contributed by atoms with E-state index in [4.69, 9.17) is 0 Å². The van der Waals surface area contributed by atoms with E-state index >= 15 is 0 Å². The Bertz CT molecular complexity index is 810. The first-order valence-electron chi connectivity index (χ1n) is 6.64. The number of halogens is 1. The first kappa shape index (κ1) is 13.8. The zero-order valence-corrected chi connectivity index (χ0v) is 12.8. The average Bonchev–Trinajstić information content (AvgIpc) is 2.89. The van der Waals surface area contributed by atoms with Gasteiger partial charge in [0.05, 0.1) is 5.52 Å². The van der Waals surface area contributed by atoms with Gasteiger partial charge in [0.1, 0.15) is 5.82 Å². The summed E-state index contributed by atoms with van der Waals surface area (Å²) in [6, 6.07) is 7.98. The van der Waals surface area contributed by atoms with Gasteiger partial charge in [-0.1, -0.05) is 15.9 Å². The highest BCUT2D eigenvalue weighted by atomic mass is 79.9. The monoisotopic (exact) mass is 347 g/mol. The molecule has 2 heterocycles. The summed E-state index contributed by atoms with van der Waals surface area (Å²) in [7, 11) is 0. The summed E-state index contributed by atoms with van der Waals surface area (Å²) in [6.07, 6.45) is 3.39. The van der Waals surface area contributed by atoms with Crippen molar-refractivity contribution >= 4 is 32.5 Å². The quantitative estimate of drug-likeness (QED) is 0.618. The van der Waals surface area contributed by atoms with Crippen LogP contribution in [-0.2, 0) is 6.42 Å². The van der Waals surface area contributed by atoms with Crippen LogP contribution in [-0.4, -0.2) is 26.7 Å². The second-order valence-electron chi connectivity index (χ2n) is 4.67. The minimum absolute atomic E-state index is 0.261. The van der Waals surface area contributed by atoms with Gasteiger partial charge in [0.15, 0.2) is 0 Å². The Hall–Kier alpha value is -2.15. The smallest absolute Gasteiger partial charge is 0.340 e. The molecule has 1 aromatic carbocycles. The fraction of sp³-hybridized carbons (Fsp3) is 0.214. The van der Waals surface area contributed by atoms with Crippen molar-refractivity contribution in [1.29, 1.82) is 0 Å². The molecular formula is C14H14BrN5O. The molecule has 6 nitrogen and oxygen atoms in total. The normalized spacial score (nSPS) is 10.9. The third-order valence-corrected chi connectivity index (χ3v) is 3.65. The fourth-order valence-corrected chi connectivity index (χ4v) is 2.54. The number of rotatable bonds is 5. The molecule has 21 heavy (non-hydrogen) atoms. The predicted octanol–water partition coefficient (Wildman–Crippen LogP) is 2.45. The summed E-state index contributed by atoms with van der Waals surface area (Å²) in [6.45, 7) is 0.792. The average molecular weight is 348 g/mol. The van der Waals surface area contributed by atoms with Gasteiger partial charge < -0.3 is 5.32 Å². The topological polar surface area (TPSA) is 86.5 Å². The van der Waals surface area contributed by atoms with Gasteiger partial charge in [-0.25, -0.2) is 9.89 Å². The highest BCUT2D eigenvalue weighted by Crippen LogP contribution is 2.24. The van der Waals surface area contributed by atoms with Crippen molar-refractivity contribution in [2.75, 3.05) is 11.9 Å². The van der Waals surface area contributed by atoms with E-state index in [1.165, 1.54) is 0 Å². The standard InChI is InChI=1S/C14H14BrN5O/c15-9-3-4-11-10(8-9)12(5-7-17-11)16-6-1-2-13-18-14(21)20-19-13/h3-5,7-8H,1-2,6H2,(H,16,17)(H2,18,19,20,21). The molecule has 0 saturated carbocycles. The predicted molar refractivity (Wildman–Crippen MR) is 85.5 cm³/mol. The van der Waals surface area contributed by atoms with Gasteiger partial charge in [-0.2, -0.15) is 5.10 Å². The van der Waals surface area contributed by atoms with Gasteiger partial charge >= 0.3 is 5.69 Å². The lowest BCUT2D eigenvalue weighted by atomic mass is 10.2. The SMILES string of the molecule is O=c1[nH]nc(CCCNc2ccnc3ccc(Br)cc23)[nH]1. The van der Waals surface area contributed by atoms with Gasteiger partial charge in [0, 0.05) is 34.7 Å². The summed E-state index contributed by atoms with van der Waals surface area (Å²) >= 11 is 3.48. The van der Waals surface area contributed by atoms with Gasteiger partial charge in [0.25, 0.3) is 0 Å². The van der Waals surface area contributed by atoms with Crippen LogP contribution in [0.2, 0.25) is 0 Å². The van der Waals surface area contributed by atoms with Crippen LogP contribution in [0.5, 0.6) is 0 Å². The van der Waals surface area contributed by atoms with Gasteiger partial charge in [-0.05, 0) is 30.7 Å². The Labute approximate surface area is 129 Å². The van der Waals surface area contributed by atoms with Crippen LogP contribution in [0, 0.1) is 0 Å².